The number of ether oxygens (including phenoxy) is 2. The normalized spacial score (nSPS) is 12.7. The van der Waals surface area contributed by atoms with Gasteiger partial charge in [-0.3, -0.25) is 4.99 Å². The molecular weight excluding hydrogens is 311 g/mol. The molecule has 8 heteroatoms. The van der Waals surface area contributed by atoms with E-state index in [0.717, 1.165) is 13.0 Å². The molecule has 0 saturated carbocycles. The third kappa shape index (κ3) is 17.2. The second kappa shape index (κ2) is 13.4. The first-order chi connectivity index (χ1) is 10.8. The number of rotatable bonds is 12. The molecule has 23 heavy (non-hydrogen) atoms. The van der Waals surface area contributed by atoms with Gasteiger partial charge in [0.1, 0.15) is 6.61 Å². The standard InChI is InChI=1S/C15H30F3N3O2/c1-4-19-14(21-8-11-22-10-6-13(2)3)20-7-5-9-23-12-15(16,17)18/h13H,4-12H2,1-3H3,(H2,19,20,21). The highest BCUT2D eigenvalue weighted by Crippen LogP contribution is 2.14. The molecular formula is C15H30F3N3O2. The van der Waals surface area contributed by atoms with Crippen LogP contribution in [0.5, 0.6) is 0 Å². The van der Waals surface area contributed by atoms with Gasteiger partial charge >= 0.3 is 6.18 Å². The minimum absolute atomic E-state index is 0.0424. The van der Waals surface area contributed by atoms with Crippen LogP contribution in [0.25, 0.3) is 0 Å². The van der Waals surface area contributed by atoms with Crippen LogP contribution in [0.3, 0.4) is 0 Å². The molecule has 2 N–H and O–H groups in total. The summed E-state index contributed by atoms with van der Waals surface area (Å²) in [5.41, 5.74) is 0. The van der Waals surface area contributed by atoms with Crippen LogP contribution < -0.4 is 10.6 Å². The molecule has 0 aliphatic carbocycles. The van der Waals surface area contributed by atoms with E-state index in [1.165, 1.54) is 0 Å². The van der Waals surface area contributed by atoms with Crippen molar-refractivity contribution in [2.75, 3.05) is 46.1 Å². The SMILES string of the molecule is CCNC(=NCCCOCC(F)(F)F)NCCOCCC(C)C. The van der Waals surface area contributed by atoms with Crippen LogP contribution in [0.4, 0.5) is 13.2 Å². The lowest BCUT2D eigenvalue weighted by Crippen LogP contribution is -2.39. The number of nitrogens with one attached hydrogen (secondary N) is 2. The van der Waals surface area contributed by atoms with E-state index in [2.05, 4.69) is 34.2 Å². The van der Waals surface area contributed by atoms with E-state index in [1.807, 2.05) is 6.92 Å². The molecule has 0 fully saturated rings. The van der Waals surface area contributed by atoms with Gasteiger partial charge in [0.05, 0.1) is 6.61 Å². The van der Waals surface area contributed by atoms with Crippen molar-refractivity contribution in [3.63, 3.8) is 0 Å². The summed E-state index contributed by atoms with van der Waals surface area (Å²) in [5.74, 6) is 1.26. The van der Waals surface area contributed by atoms with Crippen LogP contribution in [0.1, 0.15) is 33.6 Å². The second-order valence-electron chi connectivity index (χ2n) is 5.50. The van der Waals surface area contributed by atoms with Crippen LogP contribution in [-0.4, -0.2) is 58.2 Å². The summed E-state index contributed by atoms with van der Waals surface area (Å²) in [6, 6.07) is 0. The van der Waals surface area contributed by atoms with E-state index < -0.39 is 12.8 Å². The molecule has 0 aliphatic heterocycles. The minimum atomic E-state index is -4.27. The molecule has 0 amide bonds. The maximum Gasteiger partial charge on any atom is 0.411 e. The quantitative estimate of drug-likeness (QED) is 0.325. The maximum absolute atomic E-state index is 11.9. The predicted octanol–water partition coefficient (Wildman–Crippen LogP) is 2.57. The molecule has 138 valence electrons. The van der Waals surface area contributed by atoms with Gasteiger partial charge in [-0.2, -0.15) is 13.2 Å². The Balaban J connectivity index is 3.74. The molecule has 0 atom stereocenters. The zero-order valence-electron chi connectivity index (χ0n) is 14.3. The van der Waals surface area contributed by atoms with Crippen molar-refractivity contribution in [1.29, 1.82) is 0 Å². The number of nitrogens with zero attached hydrogens (tertiary/aromatic N) is 1. The number of alkyl halides is 3. The van der Waals surface area contributed by atoms with Gasteiger partial charge < -0.3 is 20.1 Å². The Bertz CT molecular complexity index is 311. The van der Waals surface area contributed by atoms with Gasteiger partial charge in [0.25, 0.3) is 0 Å². The summed E-state index contributed by atoms with van der Waals surface area (Å²) in [6.45, 7) is 8.16. The fourth-order valence-corrected chi connectivity index (χ4v) is 1.55. The molecule has 0 bridgehead atoms. The summed E-state index contributed by atoms with van der Waals surface area (Å²) >= 11 is 0. The molecule has 0 aromatic heterocycles. The largest absolute Gasteiger partial charge is 0.411 e. The molecule has 5 nitrogen and oxygen atoms in total. The van der Waals surface area contributed by atoms with E-state index in [9.17, 15) is 13.2 Å². The Morgan fingerprint density at radius 1 is 1.09 bits per heavy atom. The van der Waals surface area contributed by atoms with E-state index in [0.29, 0.717) is 44.5 Å². The van der Waals surface area contributed by atoms with E-state index >= 15 is 0 Å². The summed E-state index contributed by atoms with van der Waals surface area (Å²) < 4.78 is 45.7. The lowest BCUT2D eigenvalue weighted by atomic mass is 10.1. The van der Waals surface area contributed by atoms with Gasteiger partial charge in [-0.25, -0.2) is 0 Å². The average molecular weight is 341 g/mol. The molecule has 0 aliphatic rings. The Kier molecular flexibility index (Phi) is 12.8. The highest BCUT2D eigenvalue weighted by atomic mass is 19.4. The maximum atomic E-state index is 11.9. The minimum Gasteiger partial charge on any atom is -0.380 e. The summed E-state index contributed by atoms with van der Waals surface area (Å²) in [7, 11) is 0. The van der Waals surface area contributed by atoms with Crippen molar-refractivity contribution >= 4 is 5.96 Å². The lowest BCUT2D eigenvalue weighted by molar-refractivity contribution is -0.173. The van der Waals surface area contributed by atoms with Gasteiger partial charge in [0.2, 0.25) is 0 Å². The highest BCUT2D eigenvalue weighted by molar-refractivity contribution is 5.79. The van der Waals surface area contributed by atoms with Crippen molar-refractivity contribution in [3.05, 3.63) is 0 Å². The van der Waals surface area contributed by atoms with E-state index in [4.69, 9.17) is 4.74 Å². The summed E-state index contributed by atoms with van der Waals surface area (Å²) in [4.78, 5) is 4.27. The first-order valence-electron chi connectivity index (χ1n) is 8.09. The van der Waals surface area contributed by atoms with Crippen molar-refractivity contribution in [1.82, 2.24) is 10.6 Å². The predicted molar refractivity (Wildman–Crippen MR) is 85.7 cm³/mol. The summed E-state index contributed by atoms with van der Waals surface area (Å²) in [6.07, 6.45) is -2.79. The average Bonchev–Trinajstić information content (AvgIpc) is 2.44. The third-order valence-electron chi connectivity index (χ3n) is 2.71. The number of hydrogen-bond acceptors (Lipinski definition) is 3. The number of hydrogen-bond donors (Lipinski definition) is 2. The zero-order chi connectivity index (χ0) is 17.6. The fraction of sp³-hybridized carbons (Fsp3) is 0.933. The number of guanidine groups is 1. The third-order valence-corrected chi connectivity index (χ3v) is 2.71. The first kappa shape index (κ1) is 22.0. The highest BCUT2D eigenvalue weighted by Gasteiger charge is 2.27. The molecule has 0 saturated heterocycles. The fourth-order valence-electron chi connectivity index (χ4n) is 1.55. The molecule has 0 aromatic rings. The molecule has 0 rings (SSSR count). The number of aliphatic imine (C=N–C) groups is 1. The van der Waals surface area contributed by atoms with Crippen LogP contribution in [0.2, 0.25) is 0 Å². The van der Waals surface area contributed by atoms with Crippen molar-refractivity contribution < 1.29 is 22.6 Å². The van der Waals surface area contributed by atoms with Crippen LogP contribution >= 0.6 is 0 Å². The van der Waals surface area contributed by atoms with E-state index in [-0.39, 0.29) is 6.61 Å². The Hall–Kier alpha value is -1.02. The van der Waals surface area contributed by atoms with Gasteiger partial charge in [0.15, 0.2) is 5.96 Å². The molecule has 0 spiro atoms. The molecule has 0 radical (unpaired) electrons. The summed E-state index contributed by atoms with van der Waals surface area (Å²) in [5, 5.41) is 6.19. The van der Waals surface area contributed by atoms with Crippen molar-refractivity contribution in [2.45, 2.75) is 39.8 Å². The van der Waals surface area contributed by atoms with Gasteiger partial charge in [-0.05, 0) is 25.7 Å². The molecule has 0 heterocycles. The monoisotopic (exact) mass is 341 g/mol. The Morgan fingerprint density at radius 3 is 2.43 bits per heavy atom. The van der Waals surface area contributed by atoms with Crippen molar-refractivity contribution in [2.24, 2.45) is 10.9 Å². The van der Waals surface area contributed by atoms with Crippen LogP contribution in [0, 0.1) is 5.92 Å². The zero-order valence-corrected chi connectivity index (χ0v) is 14.3. The van der Waals surface area contributed by atoms with Crippen LogP contribution in [0.15, 0.2) is 4.99 Å². The molecule has 0 aromatic carbocycles. The first-order valence-corrected chi connectivity index (χ1v) is 8.09. The second-order valence-corrected chi connectivity index (χ2v) is 5.50. The topological polar surface area (TPSA) is 54.9 Å². The van der Waals surface area contributed by atoms with Crippen molar-refractivity contribution in [3.8, 4) is 0 Å². The number of halogens is 3. The van der Waals surface area contributed by atoms with Gasteiger partial charge in [-0.15, -0.1) is 0 Å². The van der Waals surface area contributed by atoms with Gasteiger partial charge in [0, 0.05) is 32.8 Å². The lowest BCUT2D eigenvalue weighted by Gasteiger charge is -2.12. The van der Waals surface area contributed by atoms with Gasteiger partial charge in [-0.1, -0.05) is 13.8 Å². The molecule has 0 unspecified atom stereocenters. The Morgan fingerprint density at radius 2 is 1.83 bits per heavy atom. The van der Waals surface area contributed by atoms with Crippen LogP contribution in [-0.2, 0) is 9.47 Å². The Labute approximate surface area is 137 Å². The van der Waals surface area contributed by atoms with E-state index in [1.54, 1.807) is 0 Å². The smallest absolute Gasteiger partial charge is 0.380 e.